The van der Waals surface area contributed by atoms with Crippen LogP contribution in [0, 0.1) is 0 Å². The lowest BCUT2D eigenvalue weighted by atomic mass is 10.1. The second-order valence-corrected chi connectivity index (χ2v) is 4.13. The van der Waals surface area contributed by atoms with Crippen molar-refractivity contribution in [1.82, 2.24) is 9.97 Å². The number of benzene rings is 1. The van der Waals surface area contributed by atoms with Gasteiger partial charge < -0.3 is 16.8 Å². The van der Waals surface area contributed by atoms with Crippen LogP contribution in [0.1, 0.15) is 26.3 Å². The number of nitrogens with one attached hydrogen (secondary N) is 1. The van der Waals surface area contributed by atoms with Gasteiger partial charge in [0.2, 0.25) is 11.8 Å². The van der Waals surface area contributed by atoms with Gasteiger partial charge in [0.1, 0.15) is 6.33 Å². The van der Waals surface area contributed by atoms with E-state index < -0.39 is 11.8 Å². The normalized spacial score (nSPS) is 10.0. The van der Waals surface area contributed by atoms with Crippen molar-refractivity contribution in [2.24, 2.45) is 11.5 Å². The van der Waals surface area contributed by atoms with E-state index in [2.05, 4.69) is 15.3 Å². The Hall–Kier alpha value is -2.96. The third-order valence-electron chi connectivity index (χ3n) is 2.61. The van der Waals surface area contributed by atoms with Crippen LogP contribution in [0.25, 0.3) is 0 Å². The second-order valence-electron chi connectivity index (χ2n) is 4.13. The fourth-order valence-electron chi connectivity index (χ4n) is 1.64. The zero-order valence-electron chi connectivity index (χ0n) is 10.5. The van der Waals surface area contributed by atoms with Crippen LogP contribution in [-0.4, -0.2) is 21.8 Å². The predicted molar refractivity (Wildman–Crippen MR) is 72.8 cm³/mol. The molecule has 0 fully saturated rings. The first-order valence-electron chi connectivity index (χ1n) is 5.78. The maximum absolute atomic E-state index is 11.2. The summed E-state index contributed by atoms with van der Waals surface area (Å²) in [4.78, 5) is 30.2. The summed E-state index contributed by atoms with van der Waals surface area (Å²) in [6.45, 7) is 0.446. The molecule has 0 bridgehead atoms. The molecule has 7 nitrogen and oxygen atoms in total. The molecule has 0 atom stereocenters. The van der Waals surface area contributed by atoms with E-state index in [-0.39, 0.29) is 11.1 Å². The van der Waals surface area contributed by atoms with Crippen LogP contribution >= 0.6 is 0 Å². The molecule has 20 heavy (non-hydrogen) atoms. The molecule has 2 aromatic rings. The number of hydrogen-bond acceptors (Lipinski definition) is 5. The van der Waals surface area contributed by atoms with E-state index >= 15 is 0 Å². The highest BCUT2D eigenvalue weighted by Crippen LogP contribution is 2.15. The van der Waals surface area contributed by atoms with Crippen LogP contribution in [0.3, 0.4) is 0 Å². The smallest absolute Gasteiger partial charge is 0.248 e. The molecule has 5 N–H and O–H groups in total. The van der Waals surface area contributed by atoms with Crippen LogP contribution in [-0.2, 0) is 6.54 Å². The van der Waals surface area contributed by atoms with Crippen LogP contribution < -0.4 is 16.8 Å². The number of amides is 2. The highest BCUT2D eigenvalue weighted by atomic mass is 16.1. The van der Waals surface area contributed by atoms with Crippen molar-refractivity contribution in [3.8, 4) is 0 Å². The van der Waals surface area contributed by atoms with Crippen molar-refractivity contribution in [3.05, 3.63) is 53.6 Å². The lowest BCUT2D eigenvalue weighted by Gasteiger charge is -2.09. The number of anilines is 1. The average molecular weight is 271 g/mol. The molecule has 0 saturated carbocycles. The van der Waals surface area contributed by atoms with Crippen molar-refractivity contribution in [2.75, 3.05) is 5.32 Å². The van der Waals surface area contributed by atoms with Gasteiger partial charge in [0.25, 0.3) is 0 Å². The number of nitrogens with zero attached hydrogens (tertiary/aromatic N) is 2. The van der Waals surface area contributed by atoms with Crippen molar-refractivity contribution in [1.29, 1.82) is 0 Å². The van der Waals surface area contributed by atoms with Crippen LogP contribution in [0.5, 0.6) is 0 Å². The number of primary amides is 2. The molecule has 2 amide bonds. The maximum atomic E-state index is 11.2. The Balaban J connectivity index is 2.22. The number of aromatic nitrogens is 2. The average Bonchev–Trinajstić information content (AvgIpc) is 2.45. The lowest BCUT2D eigenvalue weighted by molar-refractivity contribution is 0.0999. The van der Waals surface area contributed by atoms with E-state index in [4.69, 9.17) is 11.5 Å². The van der Waals surface area contributed by atoms with E-state index in [0.717, 1.165) is 5.56 Å². The minimum absolute atomic E-state index is 0.216. The third-order valence-corrected chi connectivity index (χ3v) is 2.61. The first-order chi connectivity index (χ1) is 9.56. The Bertz CT molecular complexity index is 610. The predicted octanol–water partition coefficient (Wildman–Crippen LogP) is 0.286. The lowest BCUT2D eigenvalue weighted by Crippen LogP contribution is -2.16. The molecular weight excluding hydrogens is 258 g/mol. The van der Waals surface area contributed by atoms with Gasteiger partial charge >= 0.3 is 0 Å². The second kappa shape index (κ2) is 5.79. The number of carbonyl (C=O) groups excluding carboxylic acids is 2. The fourth-order valence-corrected chi connectivity index (χ4v) is 1.64. The SMILES string of the molecule is NC(=O)c1cc(NCc2cncnc2)cc(C(N)=O)c1. The molecule has 1 aromatic carbocycles. The van der Waals surface area contributed by atoms with Crippen molar-refractivity contribution < 1.29 is 9.59 Å². The summed E-state index contributed by atoms with van der Waals surface area (Å²) in [6.07, 6.45) is 4.75. The van der Waals surface area contributed by atoms with E-state index in [1.807, 2.05) is 0 Å². The van der Waals surface area contributed by atoms with Gasteiger partial charge in [-0.05, 0) is 18.2 Å². The molecule has 1 heterocycles. The van der Waals surface area contributed by atoms with E-state index in [0.29, 0.717) is 12.2 Å². The van der Waals surface area contributed by atoms with Crippen LogP contribution in [0.15, 0.2) is 36.9 Å². The summed E-state index contributed by atoms with van der Waals surface area (Å²) < 4.78 is 0. The molecule has 0 aliphatic carbocycles. The maximum Gasteiger partial charge on any atom is 0.248 e. The molecule has 2 rings (SSSR count). The highest BCUT2D eigenvalue weighted by Gasteiger charge is 2.09. The summed E-state index contributed by atoms with van der Waals surface area (Å²) >= 11 is 0. The number of carbonyl (C=O) groups is 2. The van der Waals surface area contributed by atoms with Gasteiger partial charge in [-0.15, -0.1) is 0 Å². The van der Waals surface area contributed by atoms with Crippen LogP contribution in [0.2, 0.25) is 0 Å². The monoisotopic (exact) mass is 271 g/mol. The first kappa shape index (κ1) is 13.5. The van der Waals surface area contributed by atoms with Crippen LogP contribution in [0.4, 0.5) is 5.69 Å². The number of rotatable bonds is 5. The van der Waals surface area contributed by atoms with E-state index in [1.165, 1.54) is 12.4 Å². The zero-order chi connectivity index (χ0) is 14.5. The third kappa shape index (κ3) is 3.29. The zero-order valence-corrected chi connectivity index (χ0v) is 10.5. The summed E-state index contributed by atoms with van der Waals surface area (Å²) in [6, 6.07) is 4.47. The van der Waals surface area contributed by atoms with Gasteiger partial charge in [-0.3, -0.25) is 9.59 Å². The van der Waals surface area contributed by atoms with E-state index in [9.17, 15) is 9.59 Å². The molecule has 102 valence electrons. The van der Waals surface area contributed by atoms with Gasteiger partial charge in [-0.2, -0.15) is 0 Å². The van der Waals surface area contributed by atoms with Gasteiger partial charge in [0, 0.05) is 41.3 Å². The largest absolute Gasteiger partial charge is 0.381 e. The minimum atomic E-state index is -0.626. The molecular formula is C13H13N5O2. The molecule has 0 radical (unpaired) electrons. The first-order valence-corrected chi connectivity index (χ1v) is 5.78. The van der Waals surface area contributed by atoms with Crippen molar-refractivity contribution in [2.45, 2.75) is 6.54 Å². The summed E-state index contributed by atoms with van der Waals surface area (Å²) in [5.74, 6) is -1.25. The Labute approximate surface area is 115 Å². The summed E-state index contributed by atoms with van der Waals surface area (Å²) in [5, 5.41) is 3.06. The Morgan fingerprint density at radius 3 is 2.05 bits per heavy atom. The highest BCUT2D eigenvalue weighted by molar-refractivity contribution is 5.99. The topological polar surface area (TPSA) is 124 Å². The Morgan fingerprint density at radius 2 is 1.55 bits per heavy atom. The van der Waals surface area contributed by atoms with Gasteiger partial charge in [-0.25, -0.2) is 9.97 Å². The summed E-state index contributed by atoms with van der Waals surface area (Å²) in [5.41, 5.74) is 12.3. The van der Waals surface area contributed by atoms with Crippen molar-refractivity contribution in [3.63, 3.8) is 0 Å². The molecule has 7 heteroatoms. The number of nitrogens with two attached hydrogens (primary N) is 2. The Morgan fingerprint density at radius 1 is 1.00 bits per heavy atom. The molecule has 0 aliphatic heterocycles. The molecule has 0 saturated heterocycles. The van der Waals surface area contributed by atoms with Gasteiger partial charge in [-0.1, -0.05) is 0 Å². The molecule has 0 unspecified atom stereocenters. The minimum Gasteiger partial charge on any atom is -0.381 e. The quantitative estimate of drug-likeness (QED) is 0.720. The fraction of sp³-hybridized carbons (Fsp3) is 0.0769. The van der Waals surface area contributed by atoms with Crippen molar-refractivity contribution >= 4 is 17.5 Å². The number of hydrogen-bond donors (Lipinski definition) is 3. The standard InChI is InChI=1S/C13H13N5O2/c14-12(19)9-1-10(13(15)20)3-11(2-9)18-6-8-4-16-7-17-5-8/h1-5,7,18H,6H2,(H2,14,19)(H2,15,20). The Kier molecular flexibility index (Phi) is 3.90. The molecule has 1 aromatic heterocycles. The van der Waals surface area contributed by atoms with Gasteiger partial charge in [0.15, 0.2) is 0 Å². The van der Waals surface area contributed by atoms with Gasteiger partial charge in [0.05, 0.1) is 0 Å². The van der Waals surface area contributed by atoms with E-state index in [1.54, 1.807) is 24.5 Å². The molecule has 0 spiro atoms. The molecule has 0 aliphatic rings. The summed E-state index contributed by atoms with van der Waals surface area (Å²) in [7, 11) is 0.